The molecule has 134 valence electrons. The fourth-order valence-electron chi connectivity index (χ4n) is 2.32. The number of sulfone groups is 1. The van der Waals surface area contributed by atoms with Gasteiger partial charge in [-0.05, 0) is 37.3 Å². The molecule has 0 saturated heterocycles. The highest BCUT2D eigenvalue weighted by atomic mass is 35.5. The third-order valence-corrected chi connectivity index (χ3v) is 5.09. The summed E-state index contributed by atoms with van der Waals surface area (Å²) in [5.74, 6) is 0.127. The average Bonchev–Trinajstić information content (AvgIpc) is 2.98. The Morgan fingerprint density at radius 1 is 1.15 bits per heavy atom. The first-order valence-electron chi connectivity index (χ1n) is 7.59. The maximum atomic E-state index is 12.6. The number of hydrogen-bond donors (Lipinski definition) is 1. The van der Waals surface area contributed by atoms with Crippen molar-refractivity contribution in [2.24, 2.45) is 0 Å². The molecule has 0 aliphatic heterocycles. The molecule has 0 spiro atoms. The first-order valence-corrected chi connectivity index (χ1v) is 9.86. The third kappa shape index (κ3) is 3.79. The molecule has 0 aliphatic carbocycles. The van der Waals surface area contributed by atoms with Crippen molar-refractivity contribution in [3.63, 3.8) is 0 Å². The number of halogens is 1. The highest BCUT2D eigenvalue weighted by Gasteiger charge is 2.20. The number of rotatable bonds is 4. The van der Waals surface area contributed by atoms with E-state index in [0.29, 0.717) is 11.7 Å². The standard InChI is InChI=1S/C18H15ClN2O4S/c1-11-16(21-18(25-11)12-6-4-3-5-7-12)17(22)20-15-10-13(26(2,23)24)8-9-14(15)19/h3-10H,1-2H3,(H,20,22). The van der Waals surface area contributed by atoms with Gasteiger partial charge in [-0.1, -0.05) is 29.8 Å². The van der Waals surface area contributed by atoms with Gasteiger partial charge in [0, 0.05) is 11.8 Å². The van der Waals surface area contributed by atoms with Gasteiger partial charge < -0.3 is 9.73 Å². The van der Waals surface area contributed by atoms with Gasteiger partial charge >= 0.3 is 0 Å². The van der Waals surface area contributed by atoms with Gasteiger partial charge in [0.25, 0.3) is 5.91 Å². The van der Waals surface area contributed by atoms with E-state index in [1.54, 1.807) is 6.92 Å². The summed E-state index contributed by atoms with van der Waals surface area (Å²) in [6.07, 6.45) is 1.08. The minimum absolute atomic E-state index is 0.0547. The summed E-state index contributed by atoms with van der Waals surface area (Å²) in [6.45, 7) is 1.63. The second kappa shape index (κ2) is 6.93. The van der Waals surface area contributed by atoms with Crippen molar-refractivity contribution in [1.29, 1.82) is 0 Å². The highest BCUT2D eigenvalue weighted by Crippen LogP contribution is 2.27. The van der Waals surface area contributed by atoms with Crippen LogP contribution in [0.3, 0.4) is 0 Å². The van der Waals surface area contributed by atoms with Crippen molar-refractivity contribution in [3.05, 3.63) is 65.0 Å². The molecule has 26 heavy (non-hydrogen) atoms. The topological polar surface area (TPSA) is 89.3 Å². The molecule has 0 fully saturated rings. The van der Waals surface area contributed by atoms with Crippen molar-refractivity contribution in [1.82, 2.24) is 4.98 Å². The van der Waals surface area contributed by atoms with E-state index in [1.165, 1.54) is 18.2 Å². The first-order chi connectivity index (χ1) is 12.3. The molecule has 1 N–H and O–H groups in total. The number of amides is 1. The van der Waals surface area contributed by atoms with Crippen molar-refractivity contribution >= 4 is 33.0 Å². The van der Waals surface area contributed by atoms with Gasteiger partial charge in [0.2, 0.25) is 5.89 Å². The minimum atomic E-state index is -3.43. The van der Waals surface area contributed by atoms with Gasteiger partial charge in [0.05, 0.1) is 15.6 Å². The van der Waals surface area contributed by atoms with Crippen LogP contribution in [0.4, 0.5) is 5.69 Å². The summed E-state index contributed by atoms with van der Waals surface area (Å²) in [5.41, 5.74) is 1.03. The molecule has 0 bridgehead atoms. The zero-order valence-electron chi connectivity index (χ0n) is 14.0. The fraction of sp³-hybridized carbons (Fsp3) is 0.111. The van der Waals surface area contributed by atoms with Crippen molar-refractivity contribution in [3.8, 4) is 11.5 Å². The van der Waals surface area contributed by atoms with E-state index in [9.17, 15) is 13.2 Å². The van der Waals surface area contributed by atoms with Crippen molar-refractivity contribution < 1.29 is 17.6 Å². The average molecular weight is 391 g/mol. The summed E-state index contributed by atoms with van der Waals surface area (Å²) < 4.78 is 28.9. The Kier molecular flexibility index (Phi) is 4.84. The lowest BCUT2D eigenvalue weighted by molar-refractivity contribution is 0.102. The van der Waals surface area contributed by atoms with Crippen LogP contribution < -0.4 is 5.32 Å². The van der Waals surface area contributed by atoms with Gasteiger partial charge in [-0.3, -0.25) is 4.79 Å². The summed E-state index contributed by atoms with van der Waals surface area (Å²) in [5, 5.41) is 2.80. The lowest BCUT2D eigenvalue weighted by atomic mass is 10.2. The fourth-order valence-corrected chi connectivity index (χ4v) is 3.14. The lowest BCUT2D eigenvalue weighted by Crippen LogP contribution is -2.14. The number of nitrogens with zero attached hydrogens (tertiary/aromatic N) is 1. The van der Waals surface area contributed by atoms with Crippen LogP contribution in [0.15, 0.2) is 57.8 Å². The summed E-state index contributed by atoms with van der Waals surface area (Å²) >= 11 is 6.07. The Morgan fingerprint density at radius 2 is 1.85 bits per heavy atom. The number of nitrogens with one attached hydrogen (secondary N) is 1. The monoisotopic (exact) mass is 390 g/mol. The molecule has 8 heteroatoms. The van der Waals surface area contributed by atoms with E-state index in [2.05, 4.69) is 10.3 Å². The summed E-state index contributed by atoms with van der Waals surface area (Å²) in [6, 6.07) is 13.3. The molecule has 3 rings (SSSR count). The summed E-state index contributed by atoms with van der Waals surface area (Å²) in [7, 11) is -3.43. The van der Waals surface area contributed by atoms with Crippen LogP contribution in [0.2, 0.25) is 5.02 Å². The number of benzene rings is 2. The molecular weight excluding hydrogens is 376 g/mol. The normalized spacial score (nSPS) is 11.3. The quantitative estimate of drug-likeness (QED) is 0.728. The Bertz CT molecular complexity index is 1080. The van der Waals surface area contributed by atoms with E-state index in [1.807, 2.05) is 30.3 Å². The van der Waals surface area contributed by atoms with Crippen LogP contribution in [-0.2, 0) is 9.84 Å². The predicted octanol–water partition coefficient (Wildman–Crippen LogP) is 3.96. The first kappa shape index (κ1) is 18.2. The number of oxazole rings is 1. The van der Waals surface area contributed by atoms with E-state index in [0.717, 1.165) is 11.8 Å². The molecule has 6 nitrogen and oxygen atoms in total. The third-order valence-electron chi connectivity index (χ3n) is 3.65. The van der Waals surface area contributed by atoms with Crippen LogP contribution in [-0.4, -0.2) is 25.6 Å². The Labute approximate surface area is 155 Å². The van der Waals surface area contributed by atoms with Gasteiger partial charge in [-0.15, -0.1) is 0 Å². The SMILES string of the molecule is Cc1oc(-c2ccccc2)nc1C(=O)Nc1cc(S(C)(=O)=O)ccc1Cl. The zero-order valence-corrected chi connectivity index (χ0v) is 15.6. The van der Waals surface area contributed by atoms with Crippen molar-refractivity contribution in [2.75, 3.05) is 11.6 Å². The van der Waals surface area contributed by atoms with Gasteiger partial charge in [-0.2, -0.15) is 0 Å². The molecular formula is C18H15ClN2O4S. The molecule has 1 amide bonds. The molecule has 2 aromatic carbocycles. The summed E-state index contributed by atoms with van der Waals surface area (Å²) in [4.78, 5) is 16.8. The molecule has 0 unspecified atom stereocenters. The van der Waals surface area contributed by atoms with Crippen LogP contribution in [0.5, 0.6) is 0 Å². The van der Waals surface area contributed by atoms with Gasteiger partial charge in [0.15, 0.2) is 15.5 Å². The van der Waals surface area contributed by atoms with Crippen LogP contribution in [0, 0.1) is 6.92 Å². The molecule has 0 aliphatic rings. The number of carbonyl (C=O) groups is 1. The Balaban J connectivity index is 1.91. The number of carbonyl (C=O) groups excluding carboxylic acids is 1. The maximum absolute atomic E-state index is 12.6. The number of aromatic nitrogens is 1. The van der Waals surface area contributed by atoms with E-state index in [4.69, 9.17) is 16.0 Å². The molecule has 0 atom stereocenters. The van der Waals surface area contributed by atoms with E-state index < -0.39 is 15.7 Å². The van der Waals surface area contributed by atoms with Crippen LogP contribution >= 0.6 is 11.6 Å². The minimum Gasteiger partial charge on any atom is -0.441 e. The zero-order chi connectivity index (χ0) is 18.9. The van der Waals surface area contributed by atoms with Gasteiger partial charge in [0.1, 0.15) is 5.76 Å². The largest absolute Gasteiger partial charge is 0.441 e. The van der Waals surface area contributed by atoms with Gasteiger partial charge in [-0.25, -0.2) is 13.4 Å². The Morgan fingerprint density at radius 3 is 2.50 bits per heavy atom. The van der Waals surface area contributed by atoms with E-state index in [-0.39, 0.29) is 21.3 Å². The van der Waals surface area contributed by atoms with Crippen molar-refractivity contribution in [2.45, 2.75) is 11.8 Å². The highest BCUT2D eigenvalue weighted by molar-refractivity contribution is 7.90. The molecule has 0 saturated carbocycles. The maximum Gasteiger partial charge on any atom is 0.277 e. The van der Waals surface area contributed by atoms with Crippen LogP contribution in [0.1, 0.15) is 16.2 Å². The van der Waals surface area contributed by atoms with E-state index >= 15 is 0 Å². The smallest absolute Gasteiger partial charge is 0.277 e. The lowest BCUT2D eigenvalue weighted by Gasteiger charge is -2.08. The predicted molar refractivity (Wildman–Crippen MR) is 99.2 cm³/mol. The molecule has 1 aromatic heterocycles. The number of hydrogen-bond acceptors (Lipinski definition) is 5. The molecule has 0 radical (unpaired) electrons. The molecule has 3 aromatic rings. The Hall–Kier alpha value is -2.64. The number of aryl methyl sites for hydroxylation is 1. The molecule has 1 heterocycles. The number of anilines is 1. The second-order valence-electron chi connectivity index (χ2n) is 5.66. The van der Waals surface area contributed by atoms with Crippen LogP contribution in [0.25, 0.3) is 11.5 Å². The second-order valence-corrected chi connectivity index (χ2v) is 8.08.